The normalized spacial score (nSPS) is 16.1. The first-order valence-electron chi connectivity index (χ1n) is 8.04. The number of allylic oxidation sites excluding steroid dienone is 1. The minimum Gasteiger partial charge on any atom is -0.312 e. The molecule has 0 unspecified atom stereocenters. The molecule has 1 heteroatoms. The molecular formula is C19H29N. The molecule has 1 N–H and O–H groups in total. The Bertz CT molecular complexity index is 434. The van der Waals surface area contributed by atoms with E-state index in [2.05, 4.69) is 56.4 Å². The maximum Gasteiger partial charge on any atom is 0.0205 e. The molecule has 0 fully saturated rings. The Morgan fingerprint density at radius 1 is 1.05 bits per heavy atom. The lowest BCUT2D eigenvalue weighted by Crippen LogP contribution is -2.16. The molecule has 20 heavy (non-hydrogen) atoms. The Kier molecular flexibility index (Phi) is 5.42. The number of rotatable bonds is 5. The van der Waals surface area contributed by atoms with Crippen molar-refractivity contribution in [2.45, 2.75) is 64.8 Å². The second kappa shape index (κ2) is 7.08. The quantitative estimate of drug-likeness (QED) is 0.589. The van der Waals surface area contributed by atoms with Gasteiger partial charge in [-0.2, -0.15) is 0 Å². The van der Waals surface area contributed by atoms with Gasteiger partial charge in [0.1, 0.15) is 0 Å². The van der Waals surface area contributed by atoms with Gasteiger partial charge in [-0.1, -0.05) is 56.7 Å². The van der Waals surface area contributed by atoms with Crippen LogP contribution in [-0.2, 0) is 12.0 Å². The van der Waals surface area contributed by atoms with Crippen LogP contribution in [0.15, 0.2) is 35.9 Å². The van der Waals surface area contributed by atoms with Gasteiger partial charge in [-0.05, 0) is 55.2 Å². The van der Waals surface area contributed by atoms with Crippen LogP contribution in [0.4, 0.5) is 0 Å². The van der Waals surface area contributed by atoms with Crippen molar-refractivity contribution in [3.63, 3.8) is 0 Å². The van der Waals surface area contributed by atoms with Gasteiger partial charge in [0, 0.05) is 6.54 Å². The predicted molar refractivity (Wildman–Crippen MR) is 88.0 cm³/mol. The molecular weight excluding hydrogens is 242 g/mol. The summed E-state index contributed by atoms with van der Waals surface area (Å²) in [5, 5.41) is 3.57. The standard InChI is InChI=1S/C19H29N/c1-19(2,3)18-11-9-17(10-12-18)15-20-14-13-16-7-5-4-6-8-16/h7,9-12,20H,4-6,8,13-15H2,1-3H3. The minimum absolute atomic E-state index is 0.249. The Hall–Kier alpha value is -1.08. The van der Waals surface area contributed by atoms with Crippen molar-refractivity contribution >= 4 is 0 Å². The van der Waals surface area contributed by atoms with Crippen molar-refractivity contribution in [2.75, 3.05) is 6.54 Å². The fourth-order valence-electron chi connectivity index (χ4n) is 2.74. The lowest BCUT2D eigenvalue weighted by Gasteiger charge is -2.19. The summed E-state index contributed by atoms with van der Waals surface area (Å²) in [5.41, 5.74) is 4.70. The molecule has 0 saturated heterocycles. The van der Waals surface area contributed by atoms with E-state index in [4.69, 9.17) is 0 Å². The Morgan fingerprint density at radius 3 is 2.40 bits per heavy atom. The van der Waals surface area contributed by atoms with Crippen molar-refractivity contribution in [2.24, 2.45) is 0 Å². The SMILES string of the molecule is CC(C)(C)c1ccc(CNCCC2=CCCCC2)cc1. The smallest absolute Gasteiger partial charge is 0.0205 e. The molecule has 0 aromatic heterocycles. The number of hydrogen-bond donors (Lipinski definition) is 1. The highest BCUT2D eigenvalue weighted by Crippen LogP contribution is 2.22. The van der Waals surface area contributed by atoms with E-state index in [-0.39, 0.29) is 5.41 Å². The van der Waals surface area contributed by atoms with Crippen LogP contribution in [0.25, 0.3) is 0 Å². The van der Waals surface area contributed by atoms with Gasteiger partial charge in [0.25, 0.3) is 0 Å². The fourth-order valence-corrected chi connectivity index (χ4v) is 2.74. The molecule has 0 heterocycles. The summed E-state index contributed by atoms with van der Waals surface area (Å²) in [5.74, 6) is 0. The van der Waals surface area contributed by atoms with Gasteiger partial charge in [-0.25, -0.2) is 0 Å². The van der Waals surface area contributed by atoms with Crippen LogP contribution in [0.5, 0.6) is 0 Å². The maximum absolute atomic E-state index is 3.57. The third-order valence-electron chi connectivity index (χ3n) is 4.16. The zero-order valence-electron chi connectivity index (χ0n) is 13.3. The van der Waals surface area contributed by atoms with E-state index < -0.39 is 0 Å². The van der Waals surface area contributed by atoms with E-state index in [1.54, 1.807) is 5.57 Å². The van der Waals surface area contributed by atoms with Gasteiger partial charge in [0.2, 0.25) is 0 Å². The van der Waals surface area contributed by atoms with Crippen LogP contribution in [-0.4, -0.2) is 6.54 Å². The second-order valence-electron chi connectivity index (χ2n) is 6.98. The van der Waals surface area contributed by atoms with Gasteiger partial charge >= 0.3 is 0 Å². The summed E-state index contributed by atoms with van der Waals surface area (Å²) in [7, 11) is 0. The Labute approximate surface area is 124 Å². The number of hydrogen-bond acceptors (Lipinski definition) is 1. The van der Waals surface area contributed by atoms with Crippen LogP contribution in [0, 0.1) is 0 Å². The highest BCUT2D eigenvalue weighted by atomic mass is 14.8. The topological polar surface area (TPSA) is 12.0 Å². The summed E-state index contributed by atoms with van der Waals surface area (Å²) in [6.07, 6.45) is 9.06. The maximum atomic E-state index is 3.57. The van der Waals surface area contributed by atoms with Crippen molar-refractivity contribution in [3.05, 3.63) is 47.0 Å². The largest absolute Gasteiger partial charge is 0.312 e. The Morgan fingerprint density at radius 2 is 1.80 bits per heavy atom. The molecule has 0 spiro atoms. The predicted octanol–water partition coefficient (Wildman–Crippen LogP) is 4.96. The average molecular weight is 271 g/mol. The molecule has 0 atom stereocenters. The second-order valence-corrected chi connectivity index (χ2v) is 6.98. The van der Waals surface area contributed by atoms with Crippen LogP contribution in [0.3, 0.4) is 0 Å². The fraction of sp³-hybridized carbons (Fsp3) is 0.579. The first-order chi connectivity index (χ1) is 9.55. The summed E-state index contributed by atoms with van der Waals surface area (Å²) in [6.45, 7) is 8.87. The molecule has 0 aliphatic heterocycles. The van der Waals surface area contributed by atoms with Gasteiger partial charge in [-0.15, -0.1) is 0 Å². The highest BCUT2D eigenvalue weighted by Gasteiger charge is 2.12. The molecule has 0 bridgehead atoms. The van der Waals surface area contributed by atoms with Gasteiger partial charge in [-0.3, -0.25) is 0 Å². The zero-order chi connectivity index (χ0) is 14.4. The molecule has 1 aromatic rings. The molecule has 0 amide bonds. The van der Waals surface area contributed by atoms with Crippen LogP contribution < -0.4 is 5.32 Å². The number of benzene rings is 1. The molecule has 0 saturated carbocycles. The third-order valence-corrected chi connectivity index (χ3v) is 4.16. The first kappa shape index (κ1) is 15.3. The van der Waals surface area contributed by atoms with Crippen LogP contribution in [0.2, 0.25) is 0 Å². The molecule has 1 nitrogen and oxygen atoms in total. The van der Waals surface area contributed by atoms with Gasteiger partial charge in [0.05, 0.1) is 0 Å². The lowest BCUT2D eigenvalue weighted by molar-refractivity contribution is 0.589. The van der Waals surface area contributed by atoms with Gasteiger partial charge in [0.15, 0.2) is 0 Å². The van der Waals surface area contributed by atoms with E-state index in [0.29, 0.717) is 0 Å². The van der Waals surface area contributed by atoms with E-state index in [0.717, 1.165) is 13.1 Å². The molecule has 1 aromatic carbocycles. The van der Waals surface area contributed by atoms with Crippen LogP contribution in [0.1, 0.15) is 64.0 Å². The minimum atomic E-state index is 0.249. The zero-order valence-corrected chi connectivity index (χ0v) is 13.3. The van der Waals surface area contributed by atoms with E-state index in [9.17, 15) is 0 Å². The summed E-state index contributed by atoms with van der Waals surface area (Å²) in [6, 6.07) is 9.04. The third kappa shape index (κ3) is 4.79. The summed E-state index contributed by atoms with van der Waals surface area (Å²) in [4.78, 5) is 0. The molecule has 1 aliphatic rings. The first-order valence-corrected chi connectivity index (χ1v) is 8.04. The number of nitrogens with one attached hydrogen (secondary N) is 1. The van der Waals surface area contributed by atoms with E-state index in [1.165, 1.54) is 43.2 Å². The van der Waals surface area contributed by atoms with Crippen molar-refractivity contribution in [3.8, 4) is 0 Å². The van der Waals surface area contributed by atoms with Gasteiger partial charge < -0.3 is 5.32 Å². The van der Waals surface area contributed by atoms with Crippen molar-refractivity contribution in [1.82, 2.24) is 5.32 Å². The van der Waals surface area contributed by atoms with E-state index >= 15 is 0 Å². The lowest BCUT2D eigenvalue weighted by atomic mass is 9.87. The van der Waals surface area contributed by atoms with Crippen LogP contribution >= 0.6 is 0 Å². The molecule has 1 aliphatic carbocycles. The summed E-state index contributed by atoms with van der Waals surface area (Å²) < 4.78 is 0. The molecule has 2 rings (SSSR count). The monoisotopic (exact) mass is 271 g/mol. The molecule has 110 valence electrons. The van der Waals surface area contributed by atoms with Crippen molar-refractivity contribution in [1.29, 1.82) is 0 Å². The van der Waals surface area contributed by atoms with E-state index in [1.807, 2.05) is 0 Å². The highest BCUT2D eigenvalue weighted by molar-refractivity contribution is 5.27. The average Bonchev–Trinajstić information content (AvgIpc) is 2.44. The van der Waals surface area contributed by atoms with Crippen molar-refractivity contribution < 1.29 is 0 Å². The Balaban J connectivity index is 1.73. The molecule has 0 radical (unpaired) electrons. The summed E-state index contributed by atoms with van der Waals surface area (Å²) >= 11 is 0.